The van der Waals surface area contributed by atoms with Crippen molar-refractivity contribution in [3.8, 4) is 0 Å². The molecule has 0 unspecified atom stereocenters. The minimum Gasteiger partial charge on any atom is -0.346 e. The maximum atomic E-state index is 13.0. The van der Waals surface area contributed by atoms with Gasteiger partial charge < -0.3 is 11.1 Å². The fraction of sp³-hybridized carbons (Fsp3) is 0.364. The molecular formula is C11H13F2N3O3S. The molecule has 0 atom stereocenters. The van der Waals surface area contributed by atoms with Crippen molar-refractivity contribution in [2.75, 3.05) is 19.3 Å². The Balaban J connectivity index is 2.98. The van der Waals surface area contributed by atoms with Crippen molar-refractivity contribution in [3.63, 3.8) is 0 Å². The van der Waals surface area contributed by atoms with Crippen molar-refractivity contribution < 1.29 is 18.5 Å². The zero-order valence-electron chi connectivity index (χ0n) is 10.6. The molecule has 0 saturated heterocycles. The first-order valence-corrected chi connectivity index (χ1v) is 6.71. The first-order chi connectivity index (χ1) is 9.30. The number of nitro groups is 1. The number of hydrogen-bond acceptors (Lipinski definition) is 5. The molecule has 1 aromatic carbocycles. The van der Waals surface area contributed by atoms with E-state index in [0.717, 1.165) is 0 Å². The van der Waals surface area contributed by atoms with E-state index in [1.165, 1.54) is 30.0 Å². The van der Waals surface area contributed by atoms with Crippen molar-refractivity contribution in [2.45, 2.75) is 10.8 Å². The van der Waals surface area contributed by atoms with Gasteiger partial charge in [0.05, 0.1) is 18.0 Å². The Morgan fingerprint density at radius 3 is 2.70 bits per heavy atom. The number of nitro benzene ring substituents is 1. The lowest BCUT2D eigenvalue weighted by Crippen LogP contribution is -2.41. The number of amides is 1. The third-order valence-corrected chi connectivity index (χ3v) is 3.18. The number of alkyl halides is 2. The van der Waals surface area contributed by atoms with Gasteiger partial charge in [0.2, 0.25) is 0 Å². The van der Waals surface area contributed by atoms with Gasteiger partial charge in [-0.15, -0.1) is 11.8 Å². The standard InChI is InChI=1S/C11H13F2N3O3S/c1-20-7-2-3-9(16(18)19)8(4-7)10(17)15-6-11(12,13)5-14/h2-4H,5-6,14H2,1H3,(H,15,17). The number of carbonyl (C=O) groups is 1. The van der Waals surface area contributed by atoms with Gasteiger partial charge in [-0.3, -0.25) is 14.9 Å². The summed E-state index contributed by atoms with van der Waals surface area (Å²) in [7, 11) is 0. The van der Waals surface area contributed by atoms with Gasteiger partial charge in [-0.2, -0.15) is 0 Å². The first kappa shape index (κ1) is 16.3. The number of hydrogen-bond donors (Lipinski definition) is 2. The average molecular weight is 305 g/mol. The third kappa shape index (κ3) is 4.14. The van der Waals surface area contributed by atoms with Crippen LogP contribution in [0.15, 0.2) is 23.1 Å². The summed E-state index contributed by atoms with van der Waals surface area (Å²) in [6, 6.07) is 3.94. The van der Waals surface area contributed by atoms with Crippen LogP contribution >= 0.6 is 11.8 Å². The molecule has 6 nitrogen and oxygen atoms in total. The molecule has 0 aliphatic carbocycles. The largest absolute Gasteiger partial charge is 0.346 e. The van der Waals surface area contributed by atoms with E-state index in [-0.39, 0.29) is 5.56 Å². The Morgan fingerprint density at radius 1 is 1.55 bits per heavy atom. The second-order valence-electron chi connectivity index (χ2n) is 3.88. The summed E-state index contributed by atoms with van der Waals surface area (Å²) in [6.45, 7) is -1.89. The molecule has 0 aliphatic heterocycles. The Hall–Kier alpha value is -1.74. The molecule has 1 amide bonds. The first-order valence-electron chi connectivity index (χ1n) is 5.49. The van der Waals surface area contributed by atoms with Crippen molar-refractivity contribution in [1.82, 2.24) is 5.32 Å². The summed E-state index contributed by atoms with van der Waals surface area (Å²) < 4.78 is 25.9. The molecule has 0 fully saturated rings. The maximum absolute atomic E-state index is 13.0. The summed E-state index contributed by atoms with van der Waals surface area (Å²) in [6.07, 6.45) is 1.73. The van der Waals surface area contributed by atoms with Crippen LogP contribution in [0.5, 0.6) is 0 Å². The highest BCUT2D eigenvalue weighted by molar-refractivity contribution is 7.98. The molecule has 0 heterocycles. The molecule has 20 heavy (non-hydrogen) atoms. The fourth-order valence-electron chi connectivity index (χ4n) is 1.36. The summed E-state index contributed by atoms with van der Waals surface area (Å²) >= 11 is 1.28. The predicted molar refractivity (Wildman–Crippen MR) is 71.2 cm³/mol. The monoisotopic (exact) mass is 305 g/mol. The highest BCUT2D eigenvalue weighted by Gasteiger charge is 2.29. The minimum atomic E-state index is -3.25. The van der Waals surface area contributed by atoms with Gasteiger partial charge in [0.15, 0.2) is 0 Å². The lowest BCUT2D eigenvalue weighted by Gasteiger charge is -2.14. The van der Waals surface area contributed by atoms with Crippen molar-refractivity contribution in [1.29, 1.82) is 0 Å². The fourth-order valence-corrected chi connectivity index (χ4v) is 1.80. The van der Waals surface area contributed by atoms with Crippen molar-refractivity contribution >= 4 is 23.4 Å². The van der Waals surface area contributed by atoms with E-state index in [9.17, 15) is 23.7 Å². The van der Waals surface area contributed by atoms with Gasteiger partial charge in [-0.05, 0) is 18.4 Å². The highest BCUT2D eigenvalue weighted by Crippen LogP contribution is 2.24. The van der Waals surface area contributed by atoms with Crippen LogP contribution in [0.25, 0.3) is 0 Å². The number of nitrogens with two attached hydrogens (primary N) is 1. The molecule has 0 aromatic heterocycles. The smallest absolute Gasteiger partial charge is 0.282 e. The molecule has 1 aromatic rings. The van der Waals surface area contributed by atoms with Crippen LogP contribution in [0.1, 0.15) is 10.4 Å². The van der Waals surface area contributed by atoms with Crippen LogP contribution < -0.4 is 11.1 Å². The van der Waals surface area contributed by atoms with E-state index in [1.807, 2.05) is 5.32 Å². The number of thioether (sulfide) groups is 1. The van der Waals surface area contributed by atoms with Gasteiger partial charge in [0.25, 0.3) is 17.5 Å². The van der Waals surface area contributed by atoms with Gasteiger partial charge in [-0.1, -0.05) is 0 Å². The van der Waals surface area contributed by atoms with Gasteiger partial charge in [0, 0.05) is 11.0 Å². The van der Waals surface area contributed by atoms with Crippen LogP contribution in [0.4, 0.5) is 14.5 Å². The lowest BCUT2D eigenvalue weighted by molar-refractivity contribution is -0.385. The number of nitrogens with one attached hydrogen (secondary N) is 1. The Morgan fingerprint density at radius 2 is 2.20 bits per heavy atom. The van der Waals surface area contributed by atoms with E-state index in [2.05, 4.69) is 0 Å². The zero-order valence-corrected chi connectivity index (χ0v) is 11.4. The molecule has 110 valence electrons. The Kier molecular flexibility index (Phi) is 5.40. The maximum Gasteiger partial charge on any atom is 0.282 e. The molecule has 0 bridgehead atoms. The summed E-state index contributed by atoms with van der Waals surface area (Å²) in [5.74, 6) is -4.18. The summed E-state index contributed by atoms with van der Waals surface area (Å²) in [5.41, 5.74) is 4.15. The number of halogens is 2. The van der Waals surface area contributed by atoms with Gasteiger partial charge in [-0.25, -0.2) is 8.78 Å². The molecule has 0 radical (unpaired) electrons. The van der Waals surface area contributed by atoms with Crippen LogP contribution in [0, 0.1) is 10.1 Å². The second-order valence-corrected chi connectivity index (χ2v) is 4.76. The summed E-state index contributed by atoms with van der Waals surface area (Å²) in [4.78, 5) is 22.5. The van der Waals surface area contributed by atoms with E-state index < -0.39 is 35.5 Å². The molecule has 0 spiro atoms. The van der Waals surface area contributed by atoms with E-state index >= 15 is 0 Å². The normalized spacial score (nSPS) is 11.2. The Bertz CT molecular complexity index is 526. The van der Waals surface area contributed by atoms with Crippen LogP contribution in [-0.2, 0) is 0 Å². The van der Waals surface area contributed by atoms with E-state index in [4.69, 9.17) is 5.73 Å². The van der Waals surface area contributed by atoms with E-state index in [1.54, 1.807) is 6.26 Å². The van der Waals surface area contributed by atoms with Crippen LogP contribution in [-0.4, -0.2) is 36.1 Å². The number of carbonyl (C=O) groups excluding carboxylic acids is 1. The quantitative estimate of drug-likeness (QED) is 0.473. The average Bonchev–Trinajstić information content (AvgIpc) is 2.44. The van der Waals surface area contributed by atoms with E-state index in [0.29, 0.717) is 4.90 Å². The number of nitrogens with zero attached hydrogens (tertiary/aromatic N) is 1. The predicted octanol–water partition coefficient (Wildman–Crippen LogP) is 1.64. The van der Waals surface area contributed by atoms with Crippen LogP contribution in [0.3, 0.4) is 0 Å². The zero-order chi connectivity index (χ0) is 15.3. The molecule has 0 saturated carbocycles. The third-order valence-electron chi connectivity index (χ3n) is 2.45. The molecule has 9 heteroatoms. The molecular weight excluding hydrogens is 292 g/mol. The lowest BCUT2D eigenvalue weighted by atomic mass is 10.1. The molecule has 3 N–H and O–H groups in total. The summed E-state index contributed by atoms with van der Waals surface area (Å²) in [5, 5.41) is 12.8. The molecule has 1 rings (SSSR count). The van der Waals surface area contributed by atoms with Crippen molar-refractivity contribution in [3.05, 3.63) is 33.9 Å². The molecule has 0 aliphatic rings. The SMILES string of the molecule is CSc1ccc([N+](=O)[O-])c(C(=O)NCC(F)(F)CN)c1. The number of benzene rings is 1. The highest BCUT2D eigenvalue weighted by atomic mass is 32.2. The Labute approximate surface area is 117 Å². The second kappa shape index (κ2) is 6.62. The van der Waals surface area contributed by atoms with Crippen molar-refractivity contribution in [2.24, 2.45) is 5.73 Å². The minimum absolute atomic E-state index is 0.255. The number of rotatable bonds is 6. The van der Waals surface area contributed by atoms with Gasteiger partial charge in [0.1, 0.15) is 5.56 Å². The van der Waals surface area contributed by atoms with Gasteiger partial charge >= 0.3 is 0 Å². The topological polar surface area (TPSA) is 98.3 Å². The van der Waals surface area contributed by atoms with Crippen LogP contribution in [0.2, 0.25) is 0 Å².